The minimum atomic E-state index is -0.735. The van der Waals surface area contributed by atoms with Crippen LogP contribution in [0, 0.1) is 5.41 Å². The van der Waals surface area contributed by atoms with Crippen LogP contribution in [0.1, 0.15) is 73.4 Å². The molecular formula is C28H39N3O6. The van der Waals surface area contributed by atoms with Gasteiger partial charge in [-0.3, -0.25) is 4.79 Å². The van der Waals surface area contributed by atoms with Crippen molar-refractivity contribution in [2.75, 3.05) is 26.3 Å². The number of carbonyl (C=O) groups is 2. The van der Waals surface area contributed by atoms with E-state index in [1.165, 1.54) is 0 Å². The van der Waals surface area contributed by atoms with E-state index in [-0.39, 0.29) is 48.6 Å². The number of phenolic OH excluding ortho intramolecular Hbond substituents is 2. The summed E-state index contributed by atoms with van der Waals surface area (Å²) >= 11 is 0. The first kappa shape index (κ1) is 28.4. The van der Waals surface area contributed by atoms with Crippen molar-refractivity contribution in [1.29, 1.82) is 5.41 Å². The number of cyclic esters (lactones) is 1. The average Bonchev–Trinajstić information content (AvgIpc) is 2.83. The van der Waals surface area contributed by atoms with E-state index in [0.29, 0.717) is 24.0 Å². The van der Waals surface area contributed by atoms with Crippen LogP contribution in [0.3, 0.4) is 0 Å². The van der Waals surface area contributed by atoms with Crippen molar-refractivity contribution in [2.45, 2.75) is 70.4 Å². The van der Waals surface area contributed by atoms with Gasteiger partial charge >= 0.3 is 5.97 Å². The van der Waals surface area contributed by atoms with Crippen molar-refractivity contribution in [2.24, 2.45) is 5.73 Å². The second-order valence-electron chi connectivity index (χ2n) is 9.92. The Morgan fingerprint density at radius 2 is 1.95 bits per heavy atom. The second-order valence-corrected chi connectivity index (χ2v) is 9.92. The molecule has 2 aliphatic rings. The highest BCUT2D eigenvalue weighted by Crippen LogP contribution is 2.38. The molecule has 0 saturated carbocycles. The van der Waals surface area contributed by atoms with Crippen molar-refractivity contribution in [3.05, 3.63) is 47.1 Å². The Morgan fingerprint density at radius 1 is 1.22 bits per heavy atom. The molecule has 1 unspecified atom stereocenters. The largest absolute Gasteiger partial charge is 0.508 e. The second kappa shape index (κ2) is 13.4. The molecule has 202 valence electrons. The van der Waals surface area contributed by atoms with Crippen LogP contribution in [0.4, 0.5) is 0 Å². The van der Waals surface area contributed by atoms with Gasteiger partial charge in [-0.15, -0.1) is 0 Å². The maximum absolute atomic E-state index is 13.2. The number of amides is 1. The molecular weight excluding hydrogens is 474 g/mol. The molecule has 2 heterocycles. The molecule has 37 heavy (non-hydrogen) atoms. The third-order valence-corrected chi connectivity index (χ3v) is 6.69. The SMILES string of the molecule is CC(COCC(=O)N1CCCCC1)c1c(O)cc(O)c2c1CC(=N)/C=C/C[C@H](N)/C=C/C[C@@H](C)OC2=O. The predicted molar refractivity (Wildman–Crippen MR) is 141 cm³/mol. The summed E-state index contributed by atoms with van der Waals surface area (Å²) in [4.78, 5) is 27.4. The van der Waals surface area contributed by atoms with Crippen molar-refractivity contribution in [3.63, 3.8) is 0 Å². The first-order valence-corrected chi connectivity index (χ1v) is 13.0. The number of piperidine rings is 1. The Kier molecular flexibility index (Phi) is 10.3. The number of hydrogen-bond acceptors (Lipinski definition) is 8. The molecule has 0 aliphatic carbocycles. The first-order chi connectivity index (χ1) is 17.7. The highest BCUT2D eigenvalue weighted by molar-refractivity contribution is 6.00. The zero-order chi connectivity index (χ0) is 26.9. The highest BCUT2D eigenvalue weighted by atomic mass is 16.5. The maximum Gasteiger partial charge on any atom is 0.342 e. The molecule has 0 radical (unpaired) electrons. The number of nitrogens with one attached hydrogen (secondary N) is 1. The molecule has 1 fully saturated rings. The van der Waals surface area contributed by atoms with Gasteiger partial charge in [0.1, 0.15) is 29.8 Å². The normalized spacial score (nSPS) is 23.9. The lowest BCUT2D eigenvalue weighted by Crippen LogP contribution is -2.38. The van der Waals surface area contributed by atoms with Gasteiger partial charge in [-0.2, -0.15) is 0 Å². The molecule has 1 amide bonds. The summed E-state index contributed by atoms with van der Waals surface area (Å²) in [5, 5.41) is 29.9. The number of likely N-dealkylation sites (tertiary alicyclic amines) is 1. The number of nitrogens with zero attached hydrogens (tertiary/aromatic N) is 1. The van der Waals surface area contributed by atoms with Gasteiger partial charge < -0.3 is 35.7 Å². The fraction of sp³-hybridized carbons (Fsp3) is 0.536. The van der Waals surface area contributed by atoms with Crippen LogP contribution in [0.2, 0.25) is 0 Å². The van der Waals surface area contributed by atoms with Crippen molar-refractivity contribution in [1.82, 2.24) is 4.90 Å². The minimum Gasteiger partial charge on any atom is -0.508 e. The van der Waals surface area contributed by atoms with Crippen molar-refractivity contribution in [3.8, 4) is 11.5 Å². The van der Waals surface area contributed by atoms with Gasteiger partial charge in [0.05, 0.1) is 6.61 Å². The first-order valence-electron chi connectivity index (χ1n) is 13.0. The third-order valence-electron chi connectivity index (χ3n) is 6.69. The summed E-state index contributed by atoms with van der Waals surface area (Å²) in [5.41, 5.74) is 6.86. The van der Waals surface area contributed by atoms with Crippen LogP contribution >= 0.6 is 0 Å². The number of carbonyl (C=O) groups excluding carboxylic acids is 2. The van der Waals surface area contributed by atoms with Crippen molar-refractivity contribution >= 4 is 17.6 Å². The third kappa shape index (κ3) is 7.90. The van der Waals surface area contributed by atoms with E-state index in [1.807, 2.05) is 12.2 Å². The Hall–Kier alpha value is -3.17. The van der Waals surface area contributed by atoms with E-state index < -0.39 is 23.7 Å². The lowest BCUT2D eigenvalue weighted by Gasteiger charge is -2.27. The molecule has 1 aromatic carbocycles. The molecule has 0 aromatic heterocycles. The summed E-state index contributed by atoms with van der Waals surface area (Å²) < 4.78 is 11.3. The van der Waals surface area contributed by atoms with Gasteiger partial charge in [0, 0.05) is 55.2 Å². The standard InChI is InChI=1S/C28H39N3O6/c1-18(16-36-17-25(34)31-12-4-3-5-13-31)26-22-14-21(30)11-7-10-20(29)9-6-8-19(2)37-28(35)27(22)24(33)15-23(26)32/h6-7,9,11,15,18-20,30,32-33H,3-5,8,10,12-14,16-17,29H2,1-2H3/b9-6+,11-7+,30-21?/t18?,19-,20-/m1/s1. The van der Waals surface area contributed by atoms with Crippen LogP contribution in [0.5, 0.6) is 11.5 Å². The molecule has 0 spiro atoms. The van der Waals surface area contributed by atoms with Crippen LogP contribution in [-0.2, 0) is 20.7 Å². The summed E-state index contributed by atoms with van der Waals surface area (Å²) in [6.07, 6.45) is 10.7. The fourth-order valence-corrected chi connectivity index (χ4v) is 4.76. The van der Waals surface area contributed by atoms with Gasteiger partial charge in [0.2, 0.25) is 5.91 Å². The summed E-state index contributed by atoms with van der Waals surface area (Å²) in [5.74, 6) is -1.86. The fourth-order valence-electron chi connectivity index (χ4n) is 4.76. The molecule has 5 N–H and O–H groups in total. The monoisotopic (exact) mass is 513 g/mol. The van der Waals surface area contributed by atoms with E-state index in [0.717, 1.165) is 38.4 Å². The molecule has 3 rings (SSSR count). The van der Waals surface area contributed by atoms with Gasteiger partial charge in [0.15, 0.2) is 0 Å². The zero-order valence-electron chi connectivity index (χ0n) is 21.7. The van der Waals surface area contributed by atoms with Crippen LogP contribution < -0.4 is 5.73 Å². The van der Waals surface area contributed by atoms with E-state index >= 15 is 0 Å². The van der Waals surface area contributed by atoms with Gasteiger partial charge in [0.25, 0.3) is 0 Å². The highest BCUT2D eigenvalue weighted by Gasteiger charge is 2.28. The number of esters is 1. The minimum absolute atomic E-state index is 0.0191. The summed E-state index contributed by atoms with van der Waals surface area (Å²) in [6.45, 7) is 5.06. The number of phenols is 2. The van der Waals surface area contributed by atoms with Gasteiger partial charge in [-0.25, -0.2) is 4.79 Å². The molecule has 9 heteroatoms. The molecule has 9 nitrogen and oxygen atoms in total. The Bertz CT molecular complexity index is 1040. The number of allylic oxidation sites excluding steroid dienone is 1. The molecule has 0 bridgehead atoms. The summed E-state index contributed by atoms with van der Waals surface area (Å²) in [6, 6.07) is 0.896. The van der Waals surface area contributed by atoms with Crippen molar-refractivity contribution < 1.29 is 29.3 Å². The van der Waals surface area contributed by atoms with Crippen LogP contribution in [-0.4, -0.2) is 71.2 Å². The number of ether oxygens (including phenoxy) is 2. The van der Waals surface area contributed by atoms with Gasteiger partial charge in [-0.1, -0.05) is 25.2 Å². The number of rotatable bonds is 5. The molecule has 1 saturated heterocycles. The summed E-state index contributed by atoms with van der Waals surface area (Å²) in [7, 11) is 0. The number of hydrogen-bond donors (Lipinski definition) is 4. The lowest BCUT2D eigenvalue weighted by atomic mass is 9.87. The smallest absolute Gasteiger partial charge is 0.342 e. The van der Waals surface area contributed by atoms with Gasteiger partial charge in [-0.05, 0) is 44.2 Å². The van der Waals surface area contributed by atoms with E-state index in [4.69, 9.17) is 20.6 Å². The zero-order valence-corrected chi connectivity index (χ0v) is 21.7. The number of benzene rings is 1. The van der Waals surface area contributed by atoms with E-state index in [9.17, 15) is 19.8 Å². The average molecular weight is 514 g/mol. The maximum atomic E-state index is 13.2. The van der Waals surface area contributed by atoms with Crippen LogP contribution in [0.25, 0.3) is 0 Å². The van der Waals surface area contributed by atoms with E-state index in [2.05, 4.69) is 0 Å². The Balaban J connectivity index is 1.87. The number of aromatic hydroxyl groups is 2. The quantitative estimate of drug-likeness (QED) is 0.348. The molecule has 2 aliphatic heterocycles. The predicted octanol–water partition coefficient (Wildman–Crippen LogP) is 3.57. The Morgan fingerprint density at radius 3 is 2.68 bits per heavy atom. The Labute approximate surface area is 218 Å². The van der Waals surface area contributed by atoms with E-state index in [1.54, 1.807) is 30.9 Å². The number of fused-ring (bicyclic) bond motifs is 1. The molecule has 3 atom stereocenters. The topological polar surface area (TPSA) is 146 Å². The molecule has 1 aromatic rings. The van der Waals surface area contributed by atoms with Crippen LogP contribution in [0.15, 0.2) is 30.4 Å². The lowest BCUT2D eigenvalue weighted by molar-refractivity contribution is -0.137. The number of nitrogens with two attached hydrogens (primary N) is 1.